The second-order valence-electron chi connectivity index (χ2n) is 8.42. The third-order valence-electron chi connectivity index (χ3n) is 6.05. The molecule has 1 N–H and O–H groups in total. The number of nitrogens with zero attached hydrogens (tertiary/aromatic N) is 3. The molecule has 1 aromatic rings. The molecule has 1 aromatic carbocycles. The van der Waals surface area contributed by atoms with Crippen LogP contribution in [0.3, 0.4) is 0 Å². The number of nitrogens with one attached hydrogen (secondary N) is 1. The predicted octanol–water partition coefficient (Wildman–Crippen LogP) is 3.37. The van der Waals surface area contributed by atoms with Gasteiger partial charge in [-0.05, 0) is 51.3 Å². The molecular formula is C22H34ClFN4O2. The Bertz CT molecular complexity index is 738. The van der Waals surface area contributed by atoms with Crippen molar-refractivity contribution in [1.82, 2.24) is 9.80 Å². The highest BCUT2D eigenvalue weighted by Gasteiger charge is 2.30. The van der Waals surface area contributed by atoms with Crippen molar-refractivity contribution in [2.75, 3.05) is 49.5 Å². The molecule has 2 fully saturated rings. The zero-order valence-corrected chi connectivity index (χ0v) is 19.0. The summed E-state index contributed by atoms with van der Waals surface area (Å²) in [5.74, 6) is -0.390. The van der Waals surface area contributed by atoms with E-state index >= 15 is 0 Å². The molecule has 0 spiro atoms. The van der Waals surface area contributed by atoms with Gasteiger partial charge in [0.1, 0.15) is 5.82 Å². The summed E-state index contributed by atoms with van der Waals surface area (Å²) in [7, 11) is 0. The number of halogens is 2. The molecule has 2 saturated heterocycles. The number of rotatable bonds is 4. The molecule has 2 aliphatic rings. The minimum Gasteiger partial charge on any atom is -0.371 e. The Balaban J connectivity index is 0.00000320. The van der Waals surface area contributed by atoms with Gasteiger partial charge in [0.2, 0.25) is 11.8 Å². The number of carbonyl (C=O) groups excluding carboxylic acids is 2. The van der Waals surface area contributed by atoms with Gasteiger partial charge < -0.3 is 15.1 Å². The van der Waals surface area contributed by atoms with E-state index < -0.39 is 5.82 Å². The molecular weight excluding hydrogens is 407 g/mol. The molecule has 168 valence electrons. The van der Waals surface area contributed by atoms with Gasteiger partial charge in [0.15, 0.2) is 0 Å². The standard InChI is InChI=1S/C22H33FN4O2.ClH/c1-16(2)25-9-4-10-27(14-13-25)22(29)18-7-11-26(12-8-18)19-5-6-21(20(23)15-19)24-17(3)28;/h5-6,15-16,18H,4,7-14H2,1-3H3,(H,24,28);1H. The molecule has 0 unspecified atom stereocenters. The van der Waals surface area contributed by atoms with E-state index in [4.69, 9.17) is 0 Å². The molecule has 6 nitrogen and oxygen atoms in total. The Labute approximate surface area is 185 Å². The number of hydrogen-bond acceptors (Lipinski definition) is 4. The topological polar surface area (TPSA) is 55.9 Å². The number of amides is 2. The molecule has 2 aliphatic heterocycles. The quantitative estimate of drug-likeness (QED) is 0.779. The number of anilines is 2. The van der Waals surface area contributed by atoms with Crippen LogP contribution in [0.2, 0.25) is 0 Å². The van der Waals surface area contributed by atoms with Crippen LogP contribution in [0.5, 0.6) is 0 Å². The highest BCUT2D eigenvalue weighted by molar-refractivity contribution is 5.89. The lowest BCUT2D eigenvalue weighted by molar-refractivity contribution is -0.136. The van der Waals surface area contributed by atoms with Crippen molar-refractivity contribution in [1.29, 1.82) is 0 Å². The fourth-order valence-electron chi connectivity index (χ4n) is 4.31. The lowest BCUT2D eigenvalue weighted by Gasteiger charge is -2.35. The Kier molecular flexibility index (Phi) is 8.92. The van der Waals surface area contributed by atoms with E-state index in [2.05, 4.69) is 29.0 Å². The van der Waals surface area contributed by atoms with Crippen molar-refractivity contribution < 1.29 is 14.0 Å². The molecule has 3 rings (SSSR count). The normalized spacial score (nSPS) is 18.7. The molecule has 0 aromatic heterocycles. The lowest BCUT2D eigenvalue weighted by atomic mass is 9.94. The number of piperidine rings is 1. The van der Waals surface area contributed by atoms with Crippen molar-refractivity contribution in [3.05, 3.63) is 24.0 Å². The van der Waals surface area contributed by atoms with E-state index in [1.54, 1.807) is 6.07 Å². The number of benzene rings is 1. The summed E-state index contributed by atoms with van der Waals surface area (Å²) in [5.41, 5.74) is 0.993. The average Bonchev–Trinajstić information content (AvgIpc) is 2.95. The maximum absolute atomic E-state index is 14.2. The van der Waals surface area contributed by atoms with Gasteiger partial charge in [0.25, 0.3) is 0 Å². The largest absolute Gasteiger partial charge is 0.371 e. The maximum Gasteiger partial charge on any atom is 0.225 e. The van der Waals surface area contributed by atoms with E-state index in [0.717, 1.165) is 64.2 Å². The van der Waals surface area contributed by atoms with Crippen molar-refractivity contribution in [3.63, 3.8) is 0 Å². The first-order valence-corrected chi connectivity index (χ1v) is 10.7. The van der Waals surface area contributed by atoms with E-state index in [-0.39, 0.29) is 35.8 Å². The van der Waals surface area contributed by atoms with E-state index in [1.165, 1.54) is 13.0 Å². The minimum absolute atomic E-state index is 0. The molecule has 0 radical (unpaired) electrons. The molecule has 0 aliphatic carbocycles. The molecule has 0 saturated carbocycles. The average molecular weight is 441 g/mol. The van der Waals surface area contributed by atoms with Crippen LogP contribution < -0.4 is 10.2 Å². The van der Waals surface area contributed by atoms with Crippen LogP contribution in [0.1, 0.15) is 40.0 Å². The van der Waals surface area contributed by atoms with Crippen LogP contribution >= 0.6 is 12.4 Å². The highest BCUT2D eigenvalue weighted by atomic mass is 35.5. The van der Waals surface area contributed by atoms with Crippen LogP contribution in [0.25, 0.3) is 0 Å². The van der Waals surface area contributed by atoms with Crippen molar-refractivity contribution in [2.45, 2.75) is 46.1 Å². The lowest BCUT2D eigenvalue weighted by Crippen LogP contribution is -2.44. The van der Waals surface area contributed by atoms with Gasteiger partial charge in [-0.3, -0.25) is 14.5 Å². The summed E-state index contributed by atoms with van der Waals surface area (Å²) in [6, 6.07) is 5.40. The fraction of sp³-hybridized carbons (Fsp3) is 0.636. The second kappa shape index (κ2) is 11.0. The molecule has 2 amide bonds. The summed E-state index contributed by atoms with van der Waals surface area (Å²) in [4.78, 5) is 30.7. The SMILES string of the molecule is CC(=O)Nc1ccc(N2CCC(C(=O)N3CCCN(C(C)C)CC3)CC2)cc1F.Cl. The minimum atomic E-state index is -0.435. The molecule has 0 atom stereocenters. The first kappa shape index (κ1) is 24.4. The van der Waals surface area contributed by atoms with Gasteiger partial charge in [0.05, 0.1) is 5.69 Å². The van der Waals surface area contributed by atoms with Gasteiger partial charge in [-0.1, -0.05) is 0 Å². The van der Waals surface area contributed by atoms with Crippen molar-refractivity contribution in [3.8, 4) is 0 Å². The van der Waals surface area contributed by atoms with Gasteiger partial charge in [-0.2, -0.15) is 0 Å². The summed E-state index contributed by atoms with van der Waals surface area (Å²) in [6.45, 7) is 10.9. The zero-order chi connectivity index (χ0) is 21.0. The highest BCUT2D eigenvalue weighted by Crippen LogP contribution is 2.28. The summed E-state index contributed by atoms with van der Waals surface area (Å²) >= 11 is 0. The van der Waals surface area contributed by atoms with Gasteiger partial charge >= 0.3 is 0 Å². The van der Waals surface area contributed by atoms with Gasteiger partial charge in [-0.15, -0.1) is 12.4 Å². The first-order valence-electron chi connectivity index (χ1n) is 10.7. The maximum atomic E-state index is 14.2. The van der Waals surface area contributed by atoms with Crippen LogP contribution in [0, 0.1) is 11.7 Å². The summed E-state index contributed by atoms with van der Waals surface area (Å²) in [5, 5.41) is 2.49. The van der Waals surface area contributed by atoms with Crippen LogP contribution in [0.15, 0.2) is 18.2 Å². The smallest absolute Gasteiger partial charge is 0.225 e. The predicted molar refractivity (Wildman–Crippen MR) is 121 cm³/mol. The van der Waals surface area contributed by atoms with E-state index in [9.17, 15) is 14.0 Å². The van der Waals surface area contributed by atoms with E-state index in [1.807, 2.05) is 11.0 Å². The zero-order valence-electron chi connectivity index (χ0n) is 18.2. The Morgan fingerprint density at radius 1 is 1.07 bits per heavy atom. The third kappa shape index (κ3) is 6.08. The second-order valence-corrected chi connectivity index (χ2v) is 8.42. The number of hydrogen-bond donors (Lipinski definition) is 1. The summed E-state index contributed by atoms with van der Waals surface area (Å²) < 4.78 is 14.2. The monoisotopic (exact) mass is 440 g/mol. The summed E-state index contributed by atoms with van der Waals surface area (Å²) in [6.07, 6.45) is 2.61. The van der Waals surface area contributed by atoms with Crippen LogP contribution in [-0.2, 0) is 9.59 Å². The third-order valence-corrected chi connectivity index (χ3v) is 6.05. The first-order chi connectivity index (χ1) is 13.8. The Hall–Kier alpha value is -1.86. The van der Waals surface area contributed by atoms with E-state index in [0.29, 0.717) is 6.04 Å². The number of carbonyl (C=O) groups is 2. The van der Waals surface area contributed by atoms with Gasteiger partial charge in [0, 0.05) is 63.8 Å². The van der Waals surface area contributed by atoms with Crippen LogP contribution in [-0.4, -0.2) is 66.9 Å². The van der Waals surface area contributed by atoms with Crippen molar-refractivity contribution in [2.24, 2.45) is 5.92 Å². The fourth-order valence-corrected chi connectivity index (χ4v) is 4.31. The molecule has 30 heavy (non-hydrogen) atoms. The molecule has 8 heteroatoms. The van der Waals surface area contributed by atoms with Gasteiger partial charge in [-0.25, -0.2) is 4.39 Å². The Morgan fingerprint density at radius 2 is 1.77 bits per heavy atom. The van der Waals surface area contributed by atoms with Crippen molar-refractivity contribution >= 4 is 35.6 Å². The Morgan fingerprint density at radius 3 is 2.37 bits per heavy atom. The van der Waals surface area contributed by atoms with Crippen LogP contribution in [0.4, 0.5) is 15.8 Å². The molecule has 0 bridgehead atoms. The molecule has 2 heterocycles.